The van der Waals surface area contributed by atoms with E-state index < -0.39 is 11.7 Å². The number of amides is 1. The molecule has 5 nitrogen and oxygen atoms in total. The van der Waals surface area contributed by atoms with Gasteiger partial charge >= 0.3 is 6.09 Å². The first kappa shape index (κ1) is 14.0. The molecule has 94 valence electrons. The molecule has 0 aromatic carbocycles. The van der Waals surface area contributed by atoms with E-state index in [0.29, 0.717) is 5.82 Å². The first-order chi connectivity index (χ1) is 7.78. The molecular weight excluding hydrogens is 265 g/mol. The van der Waals surface area contributed by atoms with Gasteiger partial charge in [0.05, 0.1) is 17.8 Å². The van der Waals surface area contributed by atoms with E-state index in [1.165, 1.54) is 6.20 Å². The number of carbonyl (C=O) groups is 1. The molecule has 0 aliphatic carbocycles. The van der Waals surface area contributed by atoms with E-state index in [-0.39, 0.29) is 16.7 Å². The Labute approximate surface area is 109 Å². The molecule has 0 fully saturated rings. The van der Waals surface area contributed by atoms with Gasteiger partial charge in [-0.05, 0) is 20.8 Å². The zero-order chi connectivity index (χ0) is 13.1. The van der Waals surface area contributed by atoms with Crippen molar-refractivity contribution >= 4 is 29.3 Å². The smallest absolute Gasteiger partial charge is 0.408 e. The summed E-state index contributed by atoms with van der Waals surface area (Å²) in [5.74, 6) is 0.366. The molecule has 0 aliphatic heterocycles. The van der Waals surface area contributed by atoms with E-state index in [4.69, 9.17) is 27.9 Å². The van der Waals surface area contributed by atoms with Crippen molar-refractivity contribution < 1.29 is 9.53 Å². The lowest BCUT2D eigenvalue weighted by Crippen LogP contribution is -2.32. The predicted molar refractivity (Wildman–Crippen MR) is 65.1 cm³/mol. The minimum Gasteiger partial charge on any atom is -0.444 e. The second-order valence-electron chi connectivity index (χ2n) is 4.28. The van der Waals surface area contributed by atoms with Gasteiger partial charge in [0, 0.05) is 0 Å². The molecule has 1 N–H and O–H groups in total. The third-order valence-corrected chi connectivity index (χ3v) is 2.20. The molecule has 1 amide bonds. The summed E-state index contributed by atoms with van der Waals surface area (Å²) in [7, 11) is 0. The Morgan fingerprint density at radius 1 is 1.47 bits per heavy atom. The maximum absolute atomic E-state index is 11.3. The van der Waals surface area contributed by atoms with Crippen LogP contribution in [0.2, 0.25) is 10.2 Å². The zero-order valence-corrected chi connectivity index (χ0v) is 11.3. The van der Waals surface area contributed by atoms with E-state index in [1.807, 2.05) is 0 Å². The van der Waals surface area contributed by atoms with Crippen LogP contribution in [0.4, 0.5) is 4.79 Å². The summed E-state index contributed by atoms with van der Waals surface area (Å²) >= 11 is 11.4. The summed E-state index contributed by atoms with van der Waals surface area (Å²) in [4.78, 5) is 19.1. The van der Waals surface area contributed by atoms with Crippen LogP contribution in [0, 0.1) is 0 Å². The highest BCUT2D eigenvalue weighted by Crippen LogP contribution is 2.17. The normalized spacial score (nSPS) is 11.1. The van der Waals surface area contributed by atoms with Crippen LogP contribution in [0.1, 0.15) is 26.6 Å². The van der Waals surface area contributed by atoms with Crippen molar-refractivity contribution in [3.63, 3.8) is 0 Å². The fourth-order valence-electron chi connectivity index (χ4n) is 0.931. The van der Waals surface area contributed by atoms with Gasteiger partial charge < -0.3 is 10.1 Å². The summed E-state index contributed by atoms with van der Waals surface area (Å²) in [6, 6.07) is 0. The van der Waals surface area contributed by atoms with Gasteiger partial charge in [-0.3, -0.25) is 0 Å². The summed E-state index contributed by atoms with van der Waals surface area (Å²) in [6.07, 6.45) is 0.843. The molecule has 0 spiro atoms. The highest BCUT2D eigenvalue weighted by molar-refractivity contribution is 6.41. The van der Waals surface area contributed by atoms with E-state index in [2.05, 4.69) is 15.3 Å². The molecular formula is C10H13Cl2N3O2. The second-order valence-corrected chi connectivity index (χ2v) is 5.05. The topological polar surface area (TPSA) is 64.1 Å². The van der Waals surface area contributed by atoms with E-state index in [1.54, 1.807) is 20.8 Å². The van der Waals surface area contributed by atoms with Crippen molar-refractivity contribution in [3.05, 3.63) is 22.2 Å². The number of aromatic nitrogens is 2. The fourth-order valence-corrected chi connectivity index (χ4v) is 1.17. The SMILES string of the molecule is CC(C)(C)OC(=O)NCc1ncc(Cl)c(Cl)n1. The third kappa shape index (κ3) is 5.19. The molecule has 0 bridgehead atoms. The summed E-state index contributed by atoms with van der Waals surface area (Å²) in [5, 5.41) is 2.94. The number of hydrogen-bond donors (Lipinski definition) is 1. The van der Waals surface area contributed by atoms with Gasteiger partial charge in [-0.2, -0.15) is 0 Å². The standard InChI is InChI=1S/C10H13Cl2N3O2/c1-10(2,3)17-9(16)14-5-7-13-4-6(11)8(12)15-7/h4H,5H2,1-3H3,(H,14,16). The monoisotopic (exact) mass is 277 g/mol. The first-order valence-electron chi connectivity index (χ1n) is 4.92. The Morgan fingerprint density at radius 2 is 2.12 bits per heavy atom. The number of halogens is 2. The number of rotatable bonds is 2. The maximum Gasteiger partial charge on any atom is 0.408 e. The Bertz CT molecular complexity index is 419. The lowest BCUT2D eigenvalue weighted by molar-refractivity contribution is 0.0522. The molecule has 0 atom stereocenters. The van der Waals surface area contributed by atoms with Crippen LogP contribution < -0.4 is 5.32 Å². The number of carbonyl (C=O) groups excluding carboxylic acids is 1. The molecule has 7 heteroatoms. The molecule has 1 aromatic rings. The molecule has 0 saturated carbocycles. The largest absolute Gasteiger partial charge is 0.444 e. The van der Waals surface area contributed by atoms with Crippen molar-refractivity contribution in [3.8, 4) is 0 Å². The van der Waals surface area contributed by atoms with Crippen LogP contribution in [0.15, 0.2) is 6.20 Å². The summed E-state index contributed by atoms with van der Waals surface area (Å²) in [6.45, 7) is 5.47. The maximum atomic E-state index is 11.3. The Morgan fingerprint density at radius 3 is 2.65 bits per heavy atom. The van der Waals surface area contributed by atoms with Gasteiger partial charge in [0.2, 0.25) is 0 Å². The average Bonchev–Trinajstić information content (AvgIpc) is 2.17. The number of hydrogen-bond acceptors (Lipinski definition) is 4. The van der Waals surface area contributed by atoms with Crippen LogP contribution >= 0.6 is 23.2 Å². The third-order valence-electron chi connectivity index (χ3n) is 1.54. The minimum atomic E-state index is -0.539. The Kier molecular flexibility index (Phi) is 4.54. The van der Waals surface area contributed by atoms with Crippen molar-refractivity contribution in [2.75, 3.05) is 0 Å². The zero-order valence-electron chi connectivity index (χ0n) is 9.75. The van der Waals surface area contributed by atoms with E-state index in [0.717, 1.165) is 0 Å². The Hall–Kier alpha value is -1.07. The average molecular weight is 278 g/mol. The molecule has 1 aromatic heterocycles. The van der Waals surface area contributed by atoms with Crippen LogP contribution in [0.3, 0.4) is 0 Å². The van der Waals surface area contributed by atoms with Gasteiger partial charge in [0.15, 0.2) is 5.15 Å². The fraction of sp³-hybridized carbons (Fsp3) is 0.500. The number of nitrogens with one attached hydrogen (secondary N) is 1. The van der Waals surface area contributed by atoms with E-state index in [9.17, 15) is 4.79 Å². The minimum absolute atomic E-state index is 0.131. The summed E-state index contributed by atoms with van der Waals surface area (Å²) in [5.41, 5.74) is -0.539. The van der Waals surface area contributed by atoms with Gasteiger partial charge in [0.1, 0.15) is 11.4 Å². The number of ether oxygens (including phenoxy) is 1. The van der Waals surface area contributed by atoms with Crippen molar-refractivity contribution in [1.82, 2.24) is 15.3 Å². The first-order valence-corrected chi connectivity index (χ1v) is 5.67. The molecule has 0 radical (unpaired) electrons. The molecule has 1 heterocycles. The van der Waals surface area contributed by atoms with E-state index >= 15 is 0 Å². The van der Waals surface area contributed by atoms with Gasteiger partial charge in [-0.1, -0.05) is 23.2 Å². The van der Waals surface area contributed by atoms with Crippen LogP contribution in [-0.4, -0.2) is 21.7 Å². The highest BCUT2D eigenvalue weighted by atomic mass is 35.5. The van der Waals surface area contributed by atoms with Crippen molar-refractivity contribution in [2.24, 2.45) is 0 Å². The highest BCUT2D eigenvalue weighted by Gasteiger charge is 2.16. The lowest BCUT2D eigenvalue weighted by atomic mass is 10.2. The number of nitrogens with zero attached hydrogens (tertiary/aromatic N) is 2. The molecule has 1 rings (SSSR count). The predicted octanol–water partition coefficient (Wildman–Crippen LogP) is 2.81. The Balaban J connectivity index is 2.50. The summed E-state index contributed by atoms with van der Waals surface area (Å²) < 4.78 is 5.05. The molecule has 17 heavy (non-hydrogen) atoms. The second kappa shape index (κ2) is 5.51. The lowest BCUT2D eigenvalue weighted by Gasteiger charge is -2.19. The molecule has 0 unspecified atom stereocenters. The van der Waals surface area contributed by atoms with Crippen LogP contribution in [0.5, 0.6) is 0 Å². The van der Waals surface area contributed by atoms with Crippen LogP contribution in [0.25, 0.3) is 0 Å². The van der Waals surface area contributed by atoms with Crippen molar-refractivity contribution in [2.45, 2.75) is 32.9 Å². The number of alkyl carbamates (subject to hydrolysis) is 1. The molecule has 0 saturated heterocycles. The van der Waals surface area contributed by atoms with Gasteiger partial charge in [-0.25, -0.2) is 14.8 Å². The van der Waals surface area contributed by atoms with Crippen LogP contribution in [-0.2, 0) is 11.3 Å². The van der Waals surface area contributed by atoms with Crippen molar-refractivity contribution in [1.29, 1.82) is 0 Å². The van der Waals surface area contributed by atoms with Gasteiger partial charge in [-0.15, -0.1) is 0 Å². The molecule has 0 aliphatic rings. The quantitative estimate of drug-likeness (QED) is 0.845. The van der Waals surface area contributed by atoms with Gasteiger partial charge in [0.25, 0.3) is 0 Å².